The first-order valence-corrected chi connectivity index (χ1v) is 11.3. The summed E-state index contributed by atoms with van der Waals surface area (Å²) in [7, 11) is 2.68. The molecular weight excluding hydrogens is 528 g/mol. The van der Waals surface area contributed by atoms with Crippen molar-refractivity contribution in [1.82, 2.24) is 10.9 Å². The van der Waals surface area contributed by atoms with Crippen molar-refractivity contribution >= 4 is 29.8 Å². The number of ether oxygens (including phenoxy) is 2. The van der Waals surface area contributed by atoms with Crippen LogP contribution in [-0.4, -0.2) is 42.5 Å². The van der Waals surface area contributed by atoms with Gasteiger partial charge in [0.1, 0.15) is 23.0 Å². The summed E-state index contributed by atoms with van der Waals surface area (Å²) in [6, 6.07) is 14.4. The standard InChI is InChI=1S/C25H20N6O9/c1-37-23-7-3-15(11-19(23)30(33)34)21-9-5-17(39-21)13-26-28-25(32)29-27-14-18-6-10-22(40-18)16-4-8-24(38-2)20(12-16)31(35)36/h3-14H,1-2H3,(H2,28,29,32)/b26-13+,27-14+. The number of nitrogens with zero attached hydrogens (tertiary/aromatic N) is 4. The Balaban J connectivity index is 1.32. The van der Waals surface area contributed by atoms with Gasteiger partial charge in [0.05, 0.1) is 36.5 Å². The number of carbonyl (C=O) groups is 1. The fourth-order valence-corrected chi connectivity index (χ4v) is 3.46. The minimum absolute atomic E-state index is 0.121. The number of furan rings is 2. The third-order valence-corrected chi connectivity index (χ3v) is 5.29. The predicted octanol–water partition coefficient (Wildman–Crippen LogP) is 4.71. The van der Waals surface area contributed by atoms with E-state index in [0.717, 1.165) is 0 Å². The number of nitrogens with one attached hydrogen (secondary N) is 2. The molecule has 2 heterocycles. The van der Waals surface area contributed by atoms with Crippen molar-refractivity contribution in [3.8, 4) is 34.1 Å². The summed E-state index contributed by atoms with van der Waals surface area (Å²) in [5.41, 5.74) is 4.89. The second kappa shape index (κ2) is 12.0. The van der Waals surface area contributed by atoms with Crippen LogP contribution in [0.25, 0.3) is 22.6 Å². The lowest BCUT2D eigenvalue weighted by molar-refractivity contribution is -0.385. The van der Waals surface area contributed by atoms with E-state index in [1.807, 2.05) is 0 Å². The zero-order valence-corrected chi connectivity index (χ0v) is 20.9. The van der Waals surface area contributed by atoms with Gasteiger partial charge in [0.25, 0.3) is 0 Å². The molecule has 2 N–H and O–H groups in total. The quantitative estimate of drug-likeness (QED) is 0.160. The van der Waals surface area contributed by atoms with Gasteiger partial charge in [-0.2, -0.15) is 10.2 Å². The molecule has 15 heteroatoms. The van der Waals surface area contributed by atoms with E-state index in [4.69, 9.17) is 18.3 Å². The predicted molar refractivity (Wildman–Crippen MR) is 142 cm³/mol. The Morgan fingerprint density at radius 1 is 0.750 bits per heavy atom. The molecule has 0 saturated carbocycles. The number of amides is 2. The van der Waals surface area contributed by atoms with Crippen LogP contribution in [0.4, 0.5) is 16.2 Å². The van der Waals surface area contributed by atoms with E-state index in [-0.39, 0.29) is 34.4 Å². The Morgan fingerprint density at radius 2 is 1.18 bits per heavy atom. The Kier molecular flexibility index (Phi) is 8.14. The van der Waals surface area contributed by atoms with Crippen molar-refractivity contribution in [2.75, 3.05) is 14.2 Å². The van der Waals surface area contributed by atoms with Gasteiger partial charge in [0, 0.05) is 23.3 Å². The van der Waals surface area contributed by atoms with Gasteiger partial charge < -0.3 is 18.3 Å². The number of methoxy groups -OCH3 is 2. The highest BCUT2D eigenvalue weighted by atomic mass is 16.6. The zero-order valence-electron chi connectivity index (χ0n) is 20.9. The lowest BCUT2D eigenvalue weighted by Crippen LogP contribution is -2.28. The Labute approximate surface area is 225 Å². The second-order valence-electron chi connectivity index (χ2n) is 7.76. The third-order valence-electron chi connectivity index (χ3n) is 5.29. The number of benzene rings is 2. The number of carbonyl (C=O) groups excluding carboxylic acids is 1. The number of nitro benzene ring substituents is 2. The number of rotatable bonds is 10. The molecule has 0 aliphatic carbocycles. The molecule has 0 radical (unpaired) electrons. The number of hydrogen-bond donors (Lipinski definition) is 2. The molecule has 0 atom stereocenters. The van der Waals surface area contributed by atoms with Crippen molar-refractivity contribution in [1.29, 1.82) is 0 Å². The summed E-state index contributed by atoms with van der Waals surface area (Å²) < 4.78 is 21.2. The molecule has 0 fully saturated rings. The molecule has 0 aliphatic rings. The van der Waals surface area contributed by atoms with Gasteiger partial charge in [-0.3, -0.25) is 20.2 Å². The van der Waals surface area contributed by atoms with Gasteiger partial charge in [0.2, 0.25) is 0 Å². The fourth-order valence-electron chi connectivity index (χ4n) is 3.46. The minimum Gasteiger partial charge on any atom is -0.490 e. The molecular formula is C25H20N6O9. The lowest BCUT2D eigenvalue weighted by Gasteiger charge is -2.03. The van der Waals surface area contributed by atoms with Crippen molar-refractivity contribution in [3.63, 3.8) is 0 Å². The number of nitro groups is 2. The van der Waals surface area contributed by atoms with Crippen LogP contribution in [-0.2, 0) is 0 Å². The normalized spacial score (nSPS) is 11.1. The number of hydrazone groups is 2. The van der Waals surface area contributed by atoms with E-state index >= 15 is 0 Å². The van der Waals surface area contributed by atoms with Crippen molar-refractivity contribution < 1.29 is 32.9 Å². The van der Waals surface area contributed by atoms with Crippen LogP contribution in [0.2, 0.25) is 0 Å². The SMILES string of the molecule is COc1ccc(-c2ccc(/C=N/NC(=O)N/N=C/c3ccc(-c4ccc(OC)c([N+](=O)[O-])c4)o3)o2)cc1[N+](=O)[O-]. The van der Waals surface area contributed by atoms with Crippen LogP contribution in [0.3, 0.4) is 0 Å². The molecule has 40 heavy (non-hydrogen) atoms. The topological polar surface area (TPSA) is 197 Å². The van der Waals surface area contributed by atoms with E-state index in [9.17, 15) is 25.0 Å². The molecule has 0 spiro atoms. The molecule has 2 amide bonds. The molecule has 4 rings (SSSR count). The molecule has 0 saturated heterocycles. The van der Waals surface area contributed by atoms with E-state index in [2.05, 4.69) is 21.1 Å². The van der Waals surface area contributed by atoms with Crippen LogP contribution in [0.1, 0.15) is 11.5 Å². The lowest BCUT2D eigenvalue weighted by atomic mass is 10.1. The van der Waals surface area contributed by atoms with E-state index in [1.54, 1.807) is 36.4 Å². The van der Waals surface area contributed by atoms with Gasteiger partial charge in [-0.1, -0.05) is 0 Å². The number of hydrogen-bond acceptors (Lipinski definition) is 11. The average molecular weight is 548 g/mol. The first-order chi connectivity index (χ1) is 19.3. The highest BCUT2D eigenvalue weighted by molar-refractivity contribution is 5.82. The van der Waals surface area contributed by atoms with E-state index in [1.165, 1.54) is 50.9 Å². The van der Waals surface area contributed by atoms with Gasteiger partial charge >= 0.3 is 17.4 Å². The zero-order chi connectivity index (χ0) is 28.6. The molecule has 4 aromatic rings. The Bertz CT molecular complexity index is 1500. The van der Waals surface area contributed by atoms with E-state index in [0.29, 0.717) is 22.6 Å². The molecule has 2 aromatic heterocycles. The maximum atomic E-state index is 11.9. The summed E-state index contributed by atoms with van der Waals surface area (Å²) in [4.78, 5) is 33.3. The van der Waals surface area contributed by atoms with Gasteiger partial charge in [-0.15, -0.1) is 0 Å². The van der Waals surface area contributed by atoms with Crippen molar-refractivity contribution in [2.45, 2.75) is 0 Å². The van der Waals surface area contributed by atoms with Crippen molar-refractivity contribution in [3.05, 3.63) is 92.4 Å². The summed E-state index contributed by atoms with van der Waals surface area (Å²) in [5, 5.41) is 30.0. The summed E-state index contributed by atoms with van der Waals surface area (Å²) in [6.07, 6.45) is 2.47. The fraction of sp³-hybridized carbons (Fsp3) is 0.0800. The van der Waals surface area contributed by atoms with Gasteiger partial charge in [0.15, 0.2) is 11.5 Å². The van der Waals surface area contributed by atoms with Crippen molar-refractivity contribution in [2.24, 2.45) is 10.2 Å². The van der Waals surface area contributed by atoms with Crippen LogP contribution >= 0.6 is 0 Å². The number of urea groups is 1. The highest BCUT2D eigenvalue weighted by Crippen LogP contribution is 2.34. The Morgan fingerprint density at radius 3 is 1.55 bits per heavy atom. The molecule has 0 bridgehead atoms. The van der Waals surface area contributed by atoms with Crippen LogP contribution in [0, 0.1) is 20.2 Å². The largest absolute Gasteiger partial charge is 0.490 e. The first-order valence-electron chi connectivity index (χ1n) is 11.3. The third kappa shape index (κ3) is 6.28. The van der Waals surface area contributed by atoms with Crippen LogP contribution in [0.5, 0.6) is 11.5 Å². The van der Waals surface area contributed by atoms with Crippen LogP contribution in [0.15, 0.2) is 79.7 Å². The highest BCUT2D eigenvalue weighted by Gasteiger charge is 2.18. The maximum absolute atomic E-state index is 11.9. The van der Waals surface area contributed by atoms with Gasteiger partial charge in [-0.25, -0.2) is 15.6 Å². The summed E-state index contributed by atoms with van der Waals surface area (Å²) in [5.74, 6) is 1.50. The summed E-state index contributed by atoms with van der Waals surface area (Å²) >= 11 is 0. The Hall–Kier alpha value is -5.99. The molecule has 204 valence electrons. The maximum Gasteiger partial charge on any atom is 0.355 e. The second-order valence-corrected chi connectivity index (χ2v) is 7.76. The molecule has 0 aliphatic heterocycles. The molecule has 2 aromatic carbocycles. The molecule has 15 nitrogen and oxygen atoms in total. The molecule has 0 unspecified atom stereocenters. The van der Waals surface area contributed by atoms with Gasteiger partial charge in [-0.05, 0) is 48.5 Å². The van der Waals surface area contributed by atoms with E-state index < -0.39 is 15.9 Å². The van der Waals surface area contributed by atoms with Crippen LogP contribution < -0.4 is 20.3 Å². The average Bonchev–Trinajstić information content (AvgIpc) is 3.62. The minimum atomic E-state index is -0.761. The smallest absolute Gasteiger partial charge is 0.355 e. The monoisotopic (exact) mass is 548 g/mol. The first kappa shape index (κ1) is 27.1. The summed E-state index contributed by atoms with van der Waals surface area (Å²) in [6.45, 7) is 0.